The number of hydrogen-bond donors (Lipinski definition) is 0. The topological polar surface area (TPSA) is 61.5 Å². The lowest BCUT2D eigenvalue weighted by Crippen LogP contribution is -1.98. The average Bonchev–Trinajstić information content (AvgIpc) is 3.21. The molecule has 0 bridgehead atoms. The van der Waals surface area contributed by atoms with E-state index >= 15 is 0 Å². The summed E-state index contributed by atoms with van der Waals surface area (Å²) in [5, 5.41) is 5.60. The minimum Gasteiger partial charge on any atom is -0.493 e. The van der Waals surface area contributed by atoms with Crippen molar-refractivity contribution >= 4 is 28.8 Å². The third-order valence-electron chi connectivity index (χ3n) is 5.09. The molecule has 2 aromatic carbocycles. The lowest BCUT2D eigenvalue weighted by molar-refractivity contribution is 0.355. The van der Waals surface area contributed by atoms with Gasteiger partial charge in [0.1, 0.15) is 0 Å². The molecule has 3 aromatic heterocycles. The van der Waals surface area contributed by atoms with Crippen LogP contribution in [0.4, 0.5) is 0 Å². The van der Waals surface area contributed by atoms with Crippen LogP contribution in [-0.2, 0) is 0 Å². The standard InChI is InChI=1S/C25H20N4O2/c1-30-22-13-11-17(15-23(22)31-2)10-12-19-16-21(18-7-4-3-5-8-18)29-25(27-19)20-9-6-14-26-24(20)28-29/h3-16H,1-2H3/b12-10+. The van der Waals surface area contributed by atoms with Crippen molar-refractivity contribution < 1.29 is 9.47 Å². The van der Waals surface area contributed by atoms with Crippen molar-refractivity contribution in [1.82, 2.24) is 19.6 Å². The molecule has 0 fully saturated rings. The van der Waals surface area contributed by atoms with E-state index in [4.69, 9.17) is 14.5 Å². The van der Waals surface area contributed by atoms with Crippen molar-refractivity contribution in [3.8, 4) is 22.8 Å². The molecule has 5 rings (SSSR count). The highest BCUT2D eigenvalue weighted by Gasteiger charge is 2.13. The Balaban J connectivity index is 1.65. The van der Waals surface area contributed by atoms with Gasteiger partial charge in [0.2, 0.25) is 0 Å². The van der Waals surface area contributed by atoms with Gasteiger partial charge in [0.25, 0.3) is 0 Å². The van der Waals surface area contributed by atoms with Gasteiger partial charge in [-0.25, -0.2) is 14.5 Å². The van der Waals surface area contributed by atoms with E-state index in [0.29, 0.717) is 17.1 Å². The number of rotatable bonds is 5. The maximum absolute atomic E-state index is 5.41. The summed E-state index contributed by atoms with van der Waals surface area (Å²) in [7, 11) is 3.26. The number of aromatic nitrogens is 4. The van der Waals surface area contributed by atoms with Crippen molar-refractivity contribution in [3.63, 3.8) is 0 Å². The van der Waals surface area contributed by atoms with Crippen molar-refractivity contribution in [3.05, 3.63) is 84.2 Å². The molecule has 0 radical (unpaired) electrons. The second-order valence-electron chi connectivity index (χ2n) is 6.99. The summed E-state index contributed by atoms with van der Waals surface area (Å²) in [6.07, 6.45) is 5.74. The summed E-state index contributed by atoms with van der Waals surface area (Å²) in [5.74, 6) is 1.38. The Morgan fingerprint density at radius 3 is 2.48 bits per heavy atom. The van der Waals surface area contributed by atoms with Crippen LogP contribution in [0, 0.1) is 0 Å². The van der Waals surface area contributed by atoms with Crippen molar-refractivity contribution in [2.75, 3.05) is 14.2 Å². The van der Waals surface area contributed by atoms with Crippen LogP contribution in [0.2, 0.25) is 0 Å². The highest BCUT2D eigenvalue weighted by molar-refractivity contribution is 5.91. The fourth-order valence-corrected chi connectivity index (χ4v) is 3.58. The maximum atomic E-state index is 5.41. The van der Waals surface area contributed by atoms with E-state index in [1.807, 2.05) is 71.3 Å². The van der Waals surface area contributed by atoms with Crippen molar-refractivity contribution in [2.24, 2.45) is 0 Å². The van der Waals surface area contributed by atoms with E-state index in [0.717, 1.165) is 33.5 Å². The number of ether oxygens (including phenoxy) is 2. The number of nitrogens with zero attached hydrogens (tertiary/aromatic N) is 4. The zero-order chi connectivity index (χ0) is 21.2. The van der Waals surface area contributed by atoms with Crippen LogP contribution in [0.25, 0.3) is 40.1 Å². The van der Waals surface area contributed by atoms with Crippen LogP contribution in [-0.4, -0.2) is 33.8 Å². The number of methoxy groups -OCH3 is 2. The monoisotopic (exact) mass is 408 g/mol. The first-order chi connectivity index (χ1) is 15.3. The molecule has 0 aliphatic heterocycles. The molecule has 6 heteroatoms. The molecule has 0 aliphatic rings. The van der Waals surface area contributed by atoms with Crippen LogP contribution in [0.3, 0.4) is 0 Å². The molecule has 0 N–H and O–H groups in total. The van der Waals surface area contributed by atoms with Gasteiger partial charge < -0.3 is 9.47 Å². The molecular formula is C25H20N4O2. The summed E-state index contributed by atoms with van der Waals surface area (Å²) >= 11 is 0. The molecule has 31 heavy (non-hydrogen) atoms. The molecule has 0 spiro atoms. The zero-order valence-corrected chi connectivity index (χ0v) is 17.2. The van der Waals surface area contributed by atoms with E-state index in [-0.39, 0.29) is 0 Å². The van der Waals surface area contributed by atoms with Gasteiger partial charge in [-0.15, -0.1) is 5.10 Å². The molecule has 0 aliphatic carbocycles. The highest BCUT2D eigenvalue weighted by Crippen LogP contribution is 2.29. The van der Waals surface area contributed by atoms with Gasteiger partial charge in [-0.05, 0) is 42.0 Å². The van der Waals surface area contributed by atoms with Gasteiger partial charge >= 0.3 is 0 Å². The summed E-state index contributed by atoms with van der Waals surface area (Å²) in [5.41, 5.74) is 5.27. The highest BCUT2D eigenvalue weighted by atomic mass is 16.5. The molecule has 0 atom stereocenters. The quantitative estimate of drug-likeness (QED) is 0.403. The number of hydrogen-bond acceptors (Lipinski definition) is 5. The average molecular weight is 408 g/mol. The van der Waals surface area contributed by atoms with E-state index < -0.39 is 0 Å². The Kier molecular flexibility index (Phi) is 4.80. The minimum atomic E-state index is 0.674. The van der Waals surface area contributed by atoms with Gasteiger partial charge in [-0.3, -0.25) is 0 Å². The van der Waals surface area contributed by atoms with Gasteiger partial charge in [0.05, 0.1) is 31.0 Å². The predicted octanol–water partition coefficient (Wildman–Crippen LogP) is 5.13. The Morgan fingerprint density at radius 1 is 0.839 bits per heavy atom. The van der Waals surface area contributed by atoms with Gasteiger partial charge in [0, 0.05) is 11.8 Å². The lowest BCUT2D eigenvalue weighted by Gasteiger charge is -2.08. The van der Waals surface area contributed by atoms with Gasteiger partial charge in [-0.2, -0.15) is 0 Å². The smallest absolute Gasteiger partial charge is 0.183 e. The molecular weight excluding hydrogens is 388 g/mol. The molecule has 0 unspecified atom stereocenters. The molecule has 0 amide bonds. The van der Waals surface area contributed by atoms with E-state index in [2.05, 4.69) is 22.2 Å². The zero-order valence-electron chi connectivity index (χ0n) is 17.2. The summed E-state index contributed by atoms with van der Waals surface area (Å²) in [6, 6.07) is 21.9. The fraction of sp³-hybridized carbons (Fsp3) is 0.0800. The molecule has 5 aromatic rings. The van der Waals surface area contributed by atoms with Crippen LogP contribution in [0.15, 0.2) is 72.9 Å². The Hall–Kier alpha value is -4.19. The fourth-order valence-electron chi connectivity index (χ4n) is 3.58. The Bertz CT molecular complexity index is 1410. The summed E-state index contributed by atoms with van der Waals surface area (Å²) in [4.78, 5) is 9.25. The van der Waals surface area contributed by atoms with E-state index in [1.165, 1.54) is 0 Å². The lowest BCUT2D eigenvalue weighted by atomic mass is 10.1. The summed E-state index contributed by atoms with van der Waals surface area (Å²) < 4.78 is 12.6. The van der Waals surface area contributed by atoms with E-state index in [1.54, 1.807) is 20.4 Å². The SMILES string of the molecule is COc1ccc(/C=C/c2cc(-c3ccccc3)n3nc4ncccc4c3n2)cc1OC. The molecule has 3 heterocycles. The molecule has 0 saturated heterocycles. The number of fused-ring (bicyclic) bond motifs is 3. The van der Waals surface area contributed by atoms with Crippen LogP contribution >= 0.6 is 0 Å². The minimum absolute atomic E-state index is 0.674. The normalized spacial score (nSPS) is 11.4. The first kappa shape index (κ1) is 18.8. The second-order valence-corrected chi connectivity index (χ2v) is 6.99. The number of benzene rings is 2. The Morgan fingerprint density at radius 2 is 1.68 bits per heavy atom. The van der Waals surface area contributed by atoms with Gasteiger partial charge in [0.15, 0.2) is 22.8 Å². The van der Waals surface area contributed by atoms with Crippen molar-refractivity contribution in [2.45, 2.75) is 0 Å². The second kappa shape index (κ2) is 7.91. The Labute approximate surface area is 179 Å². The molecule has 152 valence electrons. The van der Waals surface area contributed by atoms with Crippen LogP contribution < -0.4 is 9.47 Å². The van der Waals surface area contributed by atoms with Gasteiger partial charge in [-0.1, -0.05) is 42.5 Å². The largest absolute Gasteiger partial charge is 0.493 e. The predicted molar refractivity (Wildman–Crippen MR) is 122 cm³/mol. The van der Waals surface area contributed by atoms with Crippen LogP contribution in [0.1, 0.15) is 11.3 Å². The molecule has 0 saturated carbocycles. The van der Waals surface area contributed by atoms with E-state index in [9.17, 15) is 0 Å². The van der Waals surface area contributed by atoms with Crippen LogP contribution in [0.5, 0.6) is 11.5 Å². The first-order valence-electron chi connectivity index (χ1n) is 9.87. The first-order valence-corrected chi connectivity index (χ1v) is 9.87. The third-order valence-corrected chi connectivity index (χ3v) is 5.09. The number of pyridine rings is 1. The molecule has 6 nitrogen and oxygen atoms in total. The maximum Gasteiger partial charge on any atom is 0.183 e. The summed E-state index contributed by atoms with van der Waals surface area (Å²) in [6.45, 7) is 0. The third kappa shape index (κ3) is 3.48. The van der Waals surface area contributed by atoms with Crippen molar-refractivity contribution in [1.29, 1.82) is 0 Å².